The summed E-state index contributed by atoms with van der Waals surface area (Å²) in [5.41, 5.74) is 6.39. The van der Waals surface area contributed by atoms with Crippen molar-refractivity contribution in [2.75, 3.05) is 28.6 Å². The predicted octanol–water partition coefficient (Wildman–Crippen LogP) is 6.92. The van der Waals surface area contributed by atoms with Gasteiger partial charge in [-0.2, -0.15) is 0 Å². The molecular weight excluding hydrogens is 618 g/mol. The van der Waals surface area contributed by atoms with Crippen molar-refractivity contribution in [1.29, 1.82) is 0 Å². The fourth-order valence-corrected chi connectivity index (χ4v) is 6.45. The molecule has 0 bridgehead atoms. The number of hydrogen-bond donors (Lipinski definition) is 4. The Morgan fingerprint density at radius 2 is 1.22 bits per heavy atom. The van der Waals surface area contributed by atoms with E-state index in [1.54, 1.807) is 12.1 Å². The van der Waals surface area contributed by atoms with Crippen LogP contribution in [0.1, 0.15) is 46.4 Å². The predicted molar refractivity (Wildman–Crippen MR) is 192 cm³/mol. The minimum absolute atomic E-state index is 0.123. The molecule has 1 saturated heterocycles. The Hall–Kier alpha value is -5.87. The van der Waals surface area contributed by atoms with Crippen molar-refractivity contribution < 1.29 is 24.6 Å². The van der Waals surface area contributed by atoms with Gasteiger partial charge in [-0.15, -0.1) is 0 Å². The zero-order valence-electron chi connectivity index (χ0n) is 26.9. The van der Waals surface area contributed by atoms with E-state index in [9.17, 15) is 19.5 Å². The molecule has 0 atom stereocenters. The minimum Gasteiger partial charge on any atom is -0.481 e. The number of benzene rings is 4. The van der Waals surface area contributed by atoms with Crippen molar-refractivity contribution in [3.8, 4) is 5.69 Å². The number of piperidine rings is 1. The van der Waals surface area contributed by atoms with Gasteiger partial charge in [0.15, 0.2) is 0 Å². The lowest BCUT2D eigenvalue weighted by Gasteiger charge is -2.31. The number of nitrogens with one attached hydrogen (secondary N) is 2. The molecule has 0 saturated carbocycles. The fraction of sp³-hybridized carbons (Fsp3) is 0.205. The van der Waals surface area contributed by atoms with Gasteiger partial charge in [-0.3, -0.25) is 14.4 Å². The van der Waals surface area contributed by atoms with Crippen LogP contribution in [0.5, 0.6) is 0 Å². The summed E-state index contributed by atoms with van der Waals surface area (Å²) in [5, 5.41) is 26.6. The molecular formula is C39H37N5O5. The van der Waals surface area contributed by atoms with Gasteiger partial charge in [0.25, 0.3) is 11.8 Å². The minimum atomic E-state index is -0.803. The van der Waals surface area contributed by atoms with E-state index in [0.717, 1.165) is 59.1 Å². The van der Waals surface area contributed by atoms with Crippen LogP contribution in [-0.2, 0) is 11.3 Å². The van der Waals surface area contributed by atoms with Gasteiger partial charge >= 0.3 is 5.97 Å². The van der Waals surface area contributed by atoms with E-state index in [2.05, 4.69) is 15.5 Å². The van der Waals surface area contributed by atoms with Crippen LogP contribution in [0.25, 0.3) is 27.5 Å². The number of aliphatic carboxylic acids is 1. The number of aryl methyl sites for hydroxylation is 1. The van der Waals surface area contributed by atoms with E-state index in [-0.39, 0.29) is 24.3 Å². The molecule has 10 nitrogen and oxygen atoms in total. The summed E-state index contributed by atoms with van der Waals surface area (Å²) in [6.07, 6.45) is 5.85. The van der Waals surface area contributed by atoms with Crippen molar-refractivity contribution >= 4 is 56.7 Å². The summed E-state index contributed by atoms with van der Waals surface area (Å²) in [6.45, 7) is 2.23. The molecule has 49 heavy (non-hydrogen) atoms. The van der Waals surface area contributed by atoms with Crippen LogP contribution < -0.4 is 15.5 Å². The molecule has 3 heterocycles. The van der Waals surface area contributed by atoms with Gasteiger partial charge in [0.05, 0.1) is 11.6 Å². The monoisotopic (exact) mass is 655 g/mol. The average molecular weight is 656 g/mol. The molecule has 2 amide bonds. The highest BCUT2D eigenvalue weighted by molar-refractivity contribution is 6.06. The Bertz CT molecular complexity index is 2140. The van der Waals surface area contributed by atoms with Crippen LogP contribution >= 0.6 is 0 Å². The quantitative estimate of drug-likeness (QED) is 0.127. The summed E-state index contributed by atoms with van der Waals surface area (Å²) < 4.78 is 4.06. The molecule has 1 fully saturated rings. The maximum absolute atomic E-state index is 13.1. The first-order valence-corrected chi connectivity index (χ1v) is 16.5. The molecule has 1 aliphatic heterocycles. The van der Waals surface area contributed by atoms with Gasteiger partial charge < -0.3 is 34.9 Å². The molecule has 6 aromatic rings. The van der Waals surface area contributed by atoms with Gasteiger partial charge in [0, 0.05) is 88.6 Å². The normalized spacial score (nSPS) is 13.5. The highest BCUT2D eigenvalue weighted by Crippen LogP contribution is 2.26. The molecule has 0 unspecified atom stereocenters. The number of aliphatic hydroxyl groups excluding tert-OH is 1. The number of aliphatic hydroxyl groups is 1. The highest BCUT2D eigenvalue weighted by atomic mass is 16.4. The van der Waals surface area contributed by atoms with Gasteiger partial charge in [0.2, 0.25) is 0 Å². The van der Waals surface area contributed by atoms with E-state index in [4.69, 9.17) is 5.11 Å². The smallest absolute Gasteiger partial charge is 0.303 e. The molecule has 0 spiro atoms. The molecule has 10 heteroatoms. The lowest BCUT2D eigenvalue weighted by Crippen LogP contribution is -2.35. The summed E-state index contributed by atoms with van der Waals surface area (Å²) >= 11 is 0. The third-order valence-corrected chi connectivity index (χ3v) is 9.13. The van der Waals surface area contributed by atoms with Gasteiger partial charge in [0.1, 0.15) is 0 Å². The third kappa shape index (κ3) is 7.05. The van der Waals surface area contributed by atoms with Crippen LogP contribution in [0, 0.1) is 0 Å². The second-order valence-corrected chi connectivity index (χ2v) is 12.5. The Balaban J connectivity index is 0.978. The first-order valence-electron chi connectivity index (χ1n) is 16.5. The summed E-state index contributed by atoms with van der Waals surface area (Å²) in [6, 6.07) is 30.4. The van der Waals surface area contributed by atoms with Crippen LogP contribution in [0.4, 0.5) is 17.1 Å². The number of hydrogen-bond acceptors (Lipinski definition) is 5. The fourth-order valence-electron chi connectivity index (χ4n) is 6.45. The number of aromatic nitrogens is 2. The Morgan fingerprint density at radius 3 is 1.84 bits per heavy atom. The molecule has 1 aliphatic rings. The molecule has 0 aliphatic carbocycles. The molecule has 0 radical (unpaired) electrons. The molecule has 7 rings (SSSR count). The lowest BCUT2D eigenvalue weighted by atomic mass is 10.1. The zero-order valence-corrected chi connectivity index (χ0v) is 26.9. The van der Waals surface area contributed by atoms with E-state index in [1.807, 2.05) is 106 Å². The second kappa shape index (κ2) is 13.7. The van der Waals surface area contributed by atoms with Crippen LogP contribution in [-0.4, -0.2) is 56.3 Å². The Labute approximate surface area is 283 Å². The number of anilines is 3. The lowest BCUT2D eigenvalue weighted by molar-refractivity contribution is -0.137. The number of carbonyl (C=O) groups excluding carboxylic acids is 2. The van der Waals surface area contributed by atoms with E-state index in [0.29, 0.717) is 35.5 Å². The van der Waals surface area contributed by atoms with Gasteiger partial charge in [-0.05, 0) is 116 Å². The van der Waals surface area contributed by atoms with Crippen molar-refractivity contribution in [2.45, 2.75) is 38.3 Å². The second-order valence-electron chi connectivity index (χ2n) is 12.5. The van der Waals surface area contributed by atoms with E-state index < -0.39 is 5.97 Å². The maximum Gasteiger partial charge on any atom is 0.303 e. The zero-order chi connectivity index (χ0) is 33.9. The van der Waals surface area contributed by atoms with Crippen LogP contribution in [0.15, 0.2) is 109 Å². The number of carboxylic acids is 1. The number of nitrogens with zero attached hydrogens (tertiary/aromatic N) is 3. The Morgan fingerprint density at radius 1 is 0.673 bits per heavy atom. The summed E-state index contributed by atoms with van der Waals surface area (Å²) in [5.74, 6) is -1.20. The molecule has 4 aromatic carbocycles. The number of fused-ring (bicyclic) bond motifs is 2. The van der Waals surface area contributed by atoms with Crippen molar-refractivity contribution in [3.05, 3.63) is 121 Å². The number of amides is 2. The molecule has 2 aromatic heterocycles. The largest absolute Gasteiger partial charge is 0.481 e. The maximum atomic E-state index is 13.1. The summed E-state index contributed by atoms with van der Waals surface area (Å²) in [4.78, 5) is 39.2. The third-order valence-electron chi connectivity index (χ3n) is 9.13. The number of carbonyl (C=O) groups is 3. The first kappa shape index (κ1) is 31.7. The first-order chi connectivity index (χ1) is 23.8. The van der Waals surface area contributed by atoms with Gasteiger partial charge in [-0.25, -0.2) is 0 Å². The highest BCUT2D eigenvalue weighted by Gasteiger charge is 2.18. The van der Waals surface area contributed by atoms with Crippen molar-refractivity contribution in [3.63, 3.8) is 0 Å². The van der Waals surface area contributed by atoms with Crippen LogP contribution in [0.2, 0.25) is 0 Å². The van der Waals surface area contributed by atoms with Crippen molar-refractivity contribution in [2.24, 2.45) is 0 Å². The van der Waals surface area contributed by atoms with Gasteiger partial charge in [-0.1, -0.05) is 0 Å². The van der Waals surface area contributed by atoms with Crippen molar-refractivity contribution in [1.82, 2.24) is 9.13 Å². The Kier molecular flexibility index (Phi) is 8.87. The summed E-state index contributed by atoms with van der Waals surface area (Å²) in [7, 11) is 0. The standard InChI is InChI=1S/C39H37N5O5/c45-34-17-21-42(22-18-34)32-9-3-26(4-10-32)38(48)41-31-8-14-36-29(25-31)16-23-44(36)33-11-5-27(6-12-33)39(49)40-30-7-13-35-28(24-30)15-20-43(35)19-1-2-37(46)47/h3-16,20,23-25,34,45H,1-2,17-19,21-22H2,(H,40,49)(H,41,48)(H,46,47). The van der Waals surface area contributed by atoms with E-state index >= 15 is 0 Å². The molecule has 4 N–H and O–H groups in total. The molecule has 248 valence electrons. The van der Waals surface area contributed by atoms with E-state index in [1.165, 1.54) is 0 Å². The van der Waals surface area contributed by atoms with Crippen LogP contribution in [0.3, 0.4) is 0 Å². The number of carboxylic acid groups (broad SMARTS) is 1. The average Bonchev–Trinajstić information content (AvgIpc) is 3.72. The SMILES string of the molecule is O=C(O)CCCn1ccc2cc(NC(=O)c3ccc(-n4ccc5cc(NC(=O)c6ccc(N7CCC(O)CC7)cc6)ccc54)cc3)ccc21. The topological polar surface area (TPSA) is 129 Å². The number of rotatable bonds is 10.